The third kappa shape index (κ3) is 4.23. The average Bonchev–Trinajstić information content (AvgIpc) is 2.45. The van der Waals surface area contributed by atoms with E-state index in [1.807, 2.05) is 43.9 Å². The van der Waals surface area contributed by atoms with Crippen molar-refractivity contribution in [2.24, 2.45) is 5.73 Å². The highest BCUT2D eigenvalue weighted by molar-refractivity contribution is 9.10. The number of rotatable bonds is 4. The highest BCUT2D eigenvalue weighted by atomic mass is 79.9. The maximum atomic E-state index is 12.9. The summed E-state index contributed by atoms with van der Waals surface area (Å²) in [6.45, 7) is 6.70. The highest BCUT2D eigenvalue weighted by Crippen LogP contribution is 2.26. The molecule has 0 radical (unpaired) electrons. The standard InChI is InChI=1S/C17H25BrN2O2/c1-11(2)22-15-9-13(8-14(18)10-15)17(21)20-7-5-4-6-16(20)12(3)19/h8-12,16H,4-7,19H2,1-3H3. The lowest BCUT2D eigenvalue weighted by Gasteiger charge is -2.38. The van der Waals surface area contributed by atoms with Crippen LogP contribution in [0.25, 0.3) is 0 Å². The minimum atomic E-state index is -0.0113. The van der Waals surface area contributed by atoms with Crippen LogP contribution in [0.4, 0.5) is 0 Å². The third-order valence-corrected chi connectivity index (χ3v) is 4.36. The molecule has 1 fully saturated rings. The molecule has 0 bridgehead atoms. The van der Waals surface area contributed by atoms with Gasteiger partial charge in [-0.1, -0.05) is 15.9 Å². The second-order valence-electron chi connectivity index (χ2n) is 6.26. The third-order valence-electron chi connectivity index (χ3n) is 3.91. The van der Waals surface area contributed by atoms with Crippen LogP contribution in [0.15, 0.2) is 22.7 Å². The molecule has 1 aromatic rings. The van der Waals surface area contributed by atoms with Crippen LogP contribution in [0, 0.1) is 0 Å². The molecule has 2 rings (SSSR count). The van der Waals surface area contributed by atoms with Gasteiger partial charge >= 0.3 is 0 Å². The zero-order valence-electron chi connectivity index (χ0n) is 13.5. The zero-order valence-corrected chi connectivity index (χ0v) is 15.1. The minimum absolute atomic E-state index is 0.0113. The van der Waals surface area contributed by atoms with Gasteiger partial charge in [0.1, 0.15) is 5.75 Å². The predicted molar refractivity (Wildman–Crippen MR) is 92.2 cm³/mol. The van der Waals surface area contributed by atoms with Crippen LogP contribution in [-0.4, -0.2) is 35.5 Å². The van der Waals surface area contributed by atoms with Crippen molar-refractivity contribution in [3.8, 4) is 5.75 Å². The maximum Gasteiger partial charge on any atom is 0.254 e. The van der Waals surface area contributed by atoms with E-state index >= 15 is 0 Å². The molecule has 0 saturated carbocycles. The summed E-state index contributed by atoms with van der Waals surface area (Å²) in [5.41, 5.74) is 6.72. The van der Waals surface area contributed by atoms with Crippen molar-refractivity contribution in [1.82, 2.24) is 4.90 Å². The molecule has 1 amide bonds. The SMILES string of the molecule is CC(C)Oc1cc(Br)cc(C(=O)N2CCCCC2C(C)N)c1. The maximum absolute atomic E-state index is 12.9. The van der Waals surface area contributed by atoms with Gasteiger partial charge in [-0.2, -0.15) is 0 Å². The van der Waals surface area contributed by atoms with Crippen molar-refractivity contribution in [1.29, 1.82) is 0 Å². The van der Waals surface area contributed by atoms with Crippen molar-refractivity contribution in [2.75, 3.05) is 6.54 Å². The van der Waals surface area contributed by atoms with Crippen LogP contribution in [0.1, 0.15) is 50.4 Å². The van der Waals surface area contributed by atoms with Gasteiger partial charge in [-0.05, 0) is 58.2 Å². The number of likely N-dealkylation sites (tertiary alicyclic amines) is 1. The Balaban J connectivity index is 2.25. The van der Waals surface area contributed by atoms with Crippen LogP contribution in [0.5, 0.6) is 5.75 Å². The highest BCUT2D eigenvalue weighted by Gasteiger charge is 2.30. The van der Waals surface area contributed by atoms with Gasteiger partial charge < -0.3 is 15.4 Å². The smallest absolute Gasteiger partial charge is 0.254 e. The number of piperidine rings is 1. The summed E-state index contributed by atoms with van der Waals surface area (Å²) >= 11 is 3.46. The molecule has 1 saturated heterocycles. The molecule has 122 valence electrons. The number of amides is 1. The van der Waals surface area contributed by atoms with Crippen LogP contribution in [0.2, 0.25) is 0 Å². The van der Waals surface area contributed by atoms with E-state index in [0.717, 1.165) is 30.3 Å². The lowest BCUT2D eigenvalue weighted by atomic mass is 9.96. The molecule has 5 heteroatoms. The molecular formula is C17H25BrN2O2. The Bertz CT molecular complexity index is 531. The van der Waals surface area contributed by atoms with E-state index in [4.69, 9.17) is 10.5 Å². The number of nitrogens with zero attached hydrogens (tertiary/aromatic N) is 1. The first-order chi connectivity index (χ1) is 10.4. The Labute approximate surface area is 141 Å². The zero-order chi connectivity index (χ0) is 16.3. The van der Waals surface area contributed by atoms with E-state index in [-0.39, 0.29) is 24.1 Å². The van der Waals surface area contributed by atoms with Crippen LogP contribution >= 0.6 is 15.9 Å². The number of carbonyl (C=O) groups excluding carboxylic acids is 1. The Morgan fingerprint density at radius 2 is 2.05 bits per heavy atom. The first kappa shape index (κ1) is 17.3. The number of ether oxygens (including phenoxy) is 1. The Kier molecular flexibility index (Phi) is 5.87. The molecule has 0 aromatic heterocycles. The van der Waals surface area contributed by atoms with Crippen molar-refractivity contribution >= 4 is 21.8 Å². The lowest BCUT2D eigenvalue weighted by molar-refractivity contribution is 0.0583. The number of hydrogen-bond donors (Lipinski definition) is 1. The molecule has 1 aliphatic heterocycles. The lowest BCUT2D eigenvalue weighted by Crippen LogP contribution is -2.51. The van der Waals surface area contributed by atoms with Gasteiger partial charge in [0.15, 0.2) is 0 Å². The van der Waals surface area contributed by atoms with E-state index in [2.05, 4.69) is 15.9 Å². The van der Waals surface area contributed by atoms with Crippen molar-refractivity contribution in [2.45, 2.75) is 58.2 Å². The van der Waals surface area contributed by atoms with Crippen molar-refractivity contribution in [3.05, 3.63) is 28.2 Å². The van der Waals surface area contributed by atoms with Gasteiger partial charge in [0.2, 0.25) is 0 Å². The van der Waals surface area contributed by atoms with Crippen LogP contribution in [-0.2, 0) is 0 Å². The molecule has 1 aliphatic rings. The topological polar surface area (TPSA) is 55.6 Å². The fourth-order valence-corrected chi connectivity index (χ4v) is 3.42. The molecule has 22 heavy (non-hydrogen) atoms. The summed E-state index contributed by atoms with van der Waals surface area (Å²) in [7, 11) is 0. The van der Waals surface area contributed by atoms with E-state index in [9.17, 15) is 4.79 Å². The number of carbonyl (C=O) groups is 1. The second-order valence-corrected chi connectivity index (χ2v) is 7.18. The van der Waals surface area contributed by atoms with E-state index in [1.165, 1.54) is 0 Å². The Hall–Kier alpha value is -1.07. The molecule has 4 nitrogen and oxygen atoms in total. The first-order valence-corrected chi connectivity index (χ1v) is 8.71. The molecule has 2 N–H and O–H groups in total. The van der Waals surface area contributed by atoms with Gasteiger partial charge in [-0.25, -0.2) is 0 Å². The molecule has 1 aromatic carbocycles. The quantitative estimate of drug-likeness (QED) is 0.883. The molecule has 0 spiro atoms. The Morgan fingerprint density at radius 1 is 1.32 bits per heavy atom. The molecule has 2 unspecified atom stereocenters. The summed E-state index contributed by atoms with van der Waals surface area (Å²) in [4.78, 5) is 14.8. The minimum Gasteiger partial charge on any atom is -0.491 e. The molecule has 1 heterocycles. The van der Waals surface area contributed by atoms with E-state index < -0.39 is 0 Å². The number of halogens is 1. The molecule has 2 atom stereocenters. The number of nitrogens with two attached hydrogens (primary N) is 1. The van der Waals surface area contributed by atoms with E-state index in [0.29, 0.717) is 11.3 Å². The summed E-state index contributed by atoms with van der Waals surface area (Å²) in [6, 6.07) is 5.66. The van der Waals surface area contributed by atoms with Crippen molar-refractivity contribution in [3.63, 3.8) is 0 Å². The van der Waals surface area contributed by atoms with Crippen LogP contribution < -0.4 is 10.5 Å². The van der Waals surface area contributed by atoms with Crippen molar-refractivity contribution < 1.29 is 9.53 Å². The summed E-state index contributed by atoms with van der Waals surface area (Å²) in [6.07, 6.45) is 3.23. The van der Waals surface area contributed by atoms with Gasteiger partial charge in [0, 0.05) is 28.7 Å². The van der Waals surface area contributed by atoms with E-state index in [1.54, 1.807) is 0 Å². The van der Waals surface area contributed by atoms with Gasteiger partial charge in [0.25, 0.3) is 5.91 Å². The number of hydrogen-bond acceptors (Lipinski definition) is 3. The first-order valence-electron chi connectivity index (χ1n) is 7.92. The average molecular weight is 369 g/mol. The van der Waals surface area contributed by atoms with Gasteiger partial charge in [0.05, 0.1) is 6.10 Å². The molecular weight excluding hydrogens is 344 g/mol. The summed E-state index contributed by atoms with van der Waals surface area (Å²) < 4.78 is 6.57. The van der Waals surface area contributed by atoms with Crippen LogP contribution in [0.3, 0.4) is 0 Å². The Morgan fingerprint density at radius 3 is 2.68 bits per heavy atom. The summed E-state index contributed by atoms with van der Waals surface area (Å²) in [5.74, 6) is 0.749. The fraction of sp³-hybridized carbons (Fsp3) is 0.588. The fourth-order valence-electron chi connectivity index (χ4n) is 2.95. The van der Waals surface area contributed by atoms with Gasteiger partial charge in [-0.3, -0.25) is 4.79 Å². The molecule has 0 aliphatic carbocycles. The van der Waals surface area contributed by atoms with Gasteiger partial charge in [-0.15, -0.1) is 0 Å². The number of benzene rings is 1. The predicted octanol–water partition coefficient (Wildman–Crippen LogP) is 3.58. The summed E-state index contributed by atoms with van der Waals surface area (Å²) in [5, 5.41) is 0. The normalized spacial score (nSPS) is 20.1. The second kappa shape index (κ2) is 7.47. The monoisotopic (exact) mass is 368 g/mol. The largest absolute Gasteiger partial charge is 0.491 e.